The zero-order valence-electron chi connectivity index (χ0n) is 12.6. The van der Waals surface area contributed by atoms with Gasteiger partial charge in [-0.3, -0.25) is 4.99 Å². The van der Waals surface area contributed by atoms with E-state index in [1.54, 1.807) is 0 Å². The maximum absolute atomic E-state index is 5.82. The molecule has 4 heteroatoms. The highest BCUT2D eigenvalue weighted by Gasteiger charge is 2.20. The molecule has 1 fully saturated rings. The lowest BCUT2D eigenvalue weighted by atomic mass is 10.2. The van der Waals surface area contributed by atoms with E-state index in [1.165, 1.54) is 18.2 Å². The number of fused-ring (bicyclic) bond motifs is 1. The first-order valence-corrected chi connectivity index (χ1v) is 7.85. The Labute approximate surface area is 125 Å². The molecule has 0 saturated heterocycles. The van der Waals surface area contributed by atoms with Gasteiger partial charge in [0.25, 0.3) is 0 Å². The second kappa shape index (κ2) is 6.66. The molecular formula is C17H23N3O. The van der Waals surface area contributed by atoms with E-state index in [-0.39, 0.29) is 0 Å². The Balaban J connectivity index is 1.52. The largest absolute Gasteiger partial charge is 0.461 e. The van der Waals surface area contributed by atoms with Gasteiger partial charge in [0.15, 0.2) is 5.96 Å². The summed E-state index contributed by atoms with van der Waals surface area (Å²) in [6.45, 7) is 4.75. The predicted molar refractivity (Wildman–Crippen MR) is 86.6 cm³/mol. The molecule has 1 saturated carbocycles. The van der Waals surface area contributed by atoms with Gasteiger partial charge in [0.2, 0.25) is 0 Å². The van der Waals surface area contributed by atoms with Crippen LogP contribution in [0.25, 0.3) is 11.0 Å². The molecule has 4 nitrogen and oxygen atoms in total. The average Bonchev–Trinajstić information content (AvgIpc) is 3.23. The van der Waals surface area contributed by atoms with Gasteiger partial charge in [-0.1, -0.05) is 18.2 Å². The van der Waals surface area contributed by atoms with Crippen LogP contribution in [-0.2, 0) is 6.42 Å². The van der Waals surface area contributed by atoms with Crippen LogP contribution in [0.1, 0.15) is 25.5 Å². The summed E-state index contributed by atoms with van der Waals surface area (Å²) in [6, 6.07) is 10.2. The molecule has 21 heavy (non-hydrogen) atoms. The van der Waals surface area contributed by atoms with Crippen molar-refractivity contribution in [3.05, 3.63) is 36.1 Å². The van der Waals surface area contributed by atoms with Crippen molar-refractivity contribution >= 4 is 16.9 Å². The number of nitrogens with one attached hydrogen (secondary N) is 2. The average molecular weight is 285 g/mol. The molecule has 0 unspecified atom stereocenters. The lowest BCUT2D eigenvalue weighted by Crippen LogP contribution is -2.38. The van der Waals surface area contributed by atoms with Crippen LogP contribution < -0.4 is 10.6 Å². The molecular weight excluding hydrogens is 262 g/mol. The third-order valence-electron chi connectivity index (χ3n) is 3.69. The van der Waals surface area contributed by atoms with E-state index in [9.17, 15) is 0 Å². The van der Waals surface area contributed by atoms with Crippen LogP contribution in [0.2, 0.25) is 0 Å². The quantitative estimate of drug-likeness (QED) is 0.634. The van der Waals surface area contributed by atoms with Crippen molar-refractivity contribution in [1.29, 1.82) is 0 Å². The zero-order chi connectivity index (χ0) is 14.5. The van der Waals surface area contributed by atoms with E-state index in [0.717, 1.165) is 49.3 Å². The first kappa shape index (κ1) is 14.0. The minimum Gasteiger partial charge on any atom is -0.461 e. The molecule has 1 aromatic carbocycles. The summed E-state index contributed by atoms with van der Waals surface area (Å²) in [7, 11) is 0. The number of furan rings is 1. The van der Waals surface area contributed by atoms with Gasteiger partial charge in [-0.2, -0.15) is 0 Å². The summed E-state index contributed by atoms with van der Waals surface area (Å²) < 4.78 is 5.82. The number of aliphatic imine (C=N–C) groups is 1. The standard InChI is InChI=1S/C17H23N3O/c1-2-18-17(20-12-13-7-8-13)19-10-9-15-11-14-5-3-4-6-16(14)21-15/h3-6,11,13H,2,7-10,12H2,1H3,(H2,18,19,20). The summed E-state index contributed by atoms with van der Waals surface area (Å²) >= 11 is 0. The molecule has 1 aliphatic rings. The molecule has 2 aromatic rings. The van der Waals surface area contributed by atoms with Crippen LogP contribution in [0, 0.1) is 5.92 Å². The van der Waals surface area contributed by atoms with Gasteiger partial charge in [0, 0.05) is 31.4 Å². The van der Waals surface area contributed by atoms with Crippen molar-refractivity contribution in [2.24, 2.45) is 10.9 Å². The summed E-state index contributed by atoms with van der Waals surface area (Å²) in [5.41, 5.74) is 0.960. The molecule has 2 N–H and O–H groups in total. The molecule has 0 amide bonds. The van der Waals surface area contributed by atoms with Crippen molar-refractivity contribution in [1.82, 2.24) is 10.6 Å². The van der Waals surface area contributed by atoms with Crippen LogP contribution >= 0.6 is 0 Å². The minimum absolute atomic E-state index is 0.816. The normalized spacial score (nSPS) is 15.4. The number of rotatable bonds is 6. The van der Waals surface area contributed by atoms with Crippen LogP contribution in [0.3, 0.4) is 0 Å². The molecule has 0 aliphatic heterocycles. The van der Waals surface area contributed by atoms with Crippen LogP contribution in [-0.4, -0.2) is 25.6 Å². The smallest absolute Gasteiger partial charge is 0.191 e. The molecule has 3 rings (SSSR count). The third kappa shape index (κ3) is 4.00. The number of benzene rings is 1. The van der Waals surface area contributed by atoms with Gasteiger partial charge in [0.05, 0.1) is 0 Å². The zero-order valence-corrected chi connectivity index (χ0v) is 12.6. The molecule has 0 spiro atoms. The van der Waals surface area contributed by atoms with Crippen molar-refractivity contribution in [2.45, 2.75) is 26.2 Å². The molecule has 1 aliphatic carbocycles. The fourth-order valence-electron chi connectivity index (χ4n) is 2.33. The second-order valence-electron chi connectivity index (χ2n) is 5.59. The Morgan fingerprint density at radius 2 is 2.14 bits per heavy atom. The highest BCUT2D eigenvalue weighted by Crippen LogP contribution is 2.28. The lowest BCUT2D eigenvalue weighted by Gasteiger charge is -2.10. The predicted octanol–water partition coefficient (Wildman–Crippen LogP) is 2.94. The van der Waals surface area contributed by atoms with E-state index in [0.29, 0.717) is 0 Å². The van der Waals surface area contributed by atoms with E-state index >= 15 is 0 Å². The Morgan fingerprint density at radius 3 is 2.90 bits per heavy atom. The molecule has 0 radical (unpaired) electrons. The first-order chi connectivity index (χ1) is 10.3. The van der Waals surface area contributed by atoms with Crippen LogP contribution in [0.15, 0.2) is 39.7 Å². The Hall–Kier alpha value is -1.97. The SMILES string of the molecule is CCNC(=NCC1CC1)NCCc1cc2ccccc2o1. The van der Waals surface area contributed by atoms with E-state index in [2.05, 4.69) is 34.7 Å². The molecule has 0 bridgehead atoms. The number of hydrogen-bond donors (Lipinski definition) is 2. The highest BCUT2D eigenvalue weighted by atomic mass is 16.3. The van der Waals surface area contributed by atoms with Gasteiger partial charge < -0.3 is 15.1 Å². The van der Waals surface area contributed by atoms with E-state index in [1.807, 2.05) is 18.2 Å². The van der Waals surface area contributed by atoms with Crippen molar-refractivity contribution < 1.29 is 4.42 Å². The number of nitrogens with zero attached hydrogens (tertiary/aromatic N) is 1. The Bertz CT molecular complexity index is 580. The van der Waals surface area contributed by atoms with Crippen molar-refractivity contribution in [3.63, 3.8) is 0 Å². The summed E-state index contributed by atoms with van der Waals surface area (Å²) in [4.78, 5) is 4.61. The molecule has 1 aromatic heterocycles. The molecule has 112 valence electrons. The summed E-state index contributed by atoms with van der Waals surface area (Å²) in [6.07, 6.45) is 3.53. The first-order valence-electron chi connectivity index (χ1n) is 7.85. The second-order valence-corrected chi connectivity index (χ2v) is 5.59. The fourth-order valence-corrected chi connectivity index (χ4v) is 2.33. The van der Waals surface area contributed by atoms with Crippen molar-refractivity contribution in [2.75, 3.05) is 19.6 Å². The van der Waals surface area contributed by atoms with Gasteiger partial charge >= 0.3 is 0 Å². The van der Waals surface area contributed by atoms with E-state index < -0.39 is 0 Å². The monoisotopic (exact) mass is 285 g/mol. The highest BCUT2D eigenvalue weighted by molar-refractivity contribution is 5.80. The van der Waals surface area contributed by atoms with Crippen molar-refractivity contribution in [3.8, 4) is 0 Å². The molecule has 1 heterocycles. The number of guanidine groups is 1. The fraction of sp³-hybridized carbons (Fsp3) is 0.471. The maximum atomic E-state index is 5.82. The molecule has 0 atom stereocenters. The van der Waals surface area contributed by atoms with Crippen LogP contribution in [0.5, 0.6) is 0 Å². The minimum atomic E-state index is 0.816. The Morgan fingerprint density at radius 1 is 1.29 bits per heavy atom. The van der Waals surface area contributed by atoms with Gasteiger partial charge in [-0.25, -0.2) is 0 Å². The lowest BCUT2D eigenvalue weighted by molar-refractivity contribution is 0.544. The topological polar surface area (TPSA) is 49.6 Å². The summed E-state index contributed by atoms with van der Waals surface area (Å²) in [5.74, 6) is 2.75. The number of para-hydroxylation sites is 1. The van der Waals surface area contributed by atoms with Gasteiger partial charge in [-0.05, 0) is 37.8 Å². The Kier molecular flexibility index (Phi) is 4.43. The maximum Gasteiger partial charge on any atom is 0.191 e. The number of hydrogen-bond acceptors (Lipinski definition) is 2. The van der Waals surface area contributed by atoms with Gasteiger partial charge in [-0.15, -0.1) is 0 Å². The van der Waals surface area contributed by atoms with Crippen LogP contribution in [0.4, 0.5) is 0 Å². The third-order valence-corrected chi connectivity index (χ3v) is 3.69. The van der Waals surface area contributed by atoms with Gasteiger partial charge in [0.1, 0.15) is 11.3 Å². The summed E-state index contributed by atoms with van der Waals surface area (Å²) in [5, 5.41) is 7.83. The van der Waals surface area contributed by atoms with E-state index in [4.69, 9.17) is 4.42 Å².